The van der Waals surface area contributed by atoms with Crippen LogP contribution in [-0.4, -0.2) is 68.1 Å². The molecule has 3 N–H and O–H groups in total. The molecule has 30 heavy (non-hydrogen) atoms. The molecule has 0 aromatic carbocycles. The molecule has 0 unspecified atom stereocenters. The molecular formula is C21H27N5O4. The Hall–Kier alpha value is -2.94. The molecule has 0 bridgehead atoms. The second kappa shape index (κ2) is 8.43. The Balaban J connectivity index is 1.41. The summed E-state index contributed by atoms with van der Waals surface area (Å²) in [7, 11) is 0. The van der Waals surface area contributed by atoms with E-state index in [9.17, 15) is 14.7 Å². The van der Waals surface area contributed by atoms with E-state index in [-0.39, 0.29) is 24.5 Å². The number of carbonyl (C=O) groups excluding carboxylic acids is 2. The molecule has 0 spiro atoms. The standard InChI is InChI=1S/C21H27N5O4/c1-2-17(27)26-9-5-14(6-10-26)30-16-12-23-19-18(25-16)15(11-22-19)20(28)24-13-21(29)7-3-4-8-21/h2,11-12,14,29H,1,3-10,13H2,(H,22,23)(H,24,28). The van der Waals surface area contributed by atoms with Gasteiger partial charge in [-0.3, -0.25) is 9.59 Å². The molecule has 9 nitrogen and oxygen atoms in total. The Kier molecular flexibility index (Phi) is 5.72. The van der Waals surface area contributed by atoms with Crippen molar-refractivity contribution in [3.63, 3.8) is 0 Å². The molecule has 160 valence electrons. The molecule has 9 heteroatoms. The molecule has 2 fully saturated rings. The van der Waals surface area contributed by atoms with Crippen LogP contribution in [0.4, 0.5) is 0 Å². The molecule has 2 aromatic heterocycles. The van der Waals surface area contributed by atoms with Crippen LogP contribution in [0.5, 0.6) is 5.88 Å². The first-order valence-electron chi connectivity index (χ1n) is 10.4. The fourth-order valence-electron chi connectivity index (χ4n) is 4.15. The lowest BCUT2D eigenvalue weighted by atomic mass is 10.0. The summed E-state index contributed by atoms with van der Waals surface area (Å²) in [5.74, 6) is -0.0248. The number of nitrogens with zero attached hydrogens (tertiary/aromatic N) is 3. The molecule has 1 aliphatic heterocycles. The highest BCUT2D eigenvalue weighted by molar-refractivity contribution is 6.04. The third-order valence-corrected chi connectivity index (χ3v) is 5.93. The molecule has 4 rings (SSSR count). The lowest BCUT2D eigenvalue weighted by molar-refractivity contribution is -0.127. The van der Waals surface area contributed by atoms with Crippen LogP contribution in [0.2, 0.25) is 0 Å². The van der Waals surface area contributed by atoms with Crippen molar-refractivity contribution in [2.24, 2.45) is 0 Å². The molecular weight excluding hydrogens is 386 g/mol. The lowest BCUT2D eigenvalue weighted by Gasteiger charge is -2.31. The SMILES string of the molecule is C=CC(=O)N1CCC(Oc2cnc3[nH]cc(C(=O)NCC4(O)CCCC4)c3n2)CC1. The van der Waals surface area contributed by atoms with Gasteiger partial charge in [-0.25, -0.2) is 9.97 Å². The number of amides is 2. The Bertz CT molecular complexity index is 942. The number of likely N-dealkylation sites (tertiary alicyclic amines) is 1. The zero-order valence-corrected chi connectivity index (χ0v) is 16.9. The van der Waals surface area contributed by atoms with E-state index in [4.69, 9.17) is 4.74 Å². The normalized spacial score (nSPS) is 19.0. The minimum atomic E-state index is -0.816. The fourth-order valence-corrected chi connectivity index (χ4v) is 4.15. The van der Waals surface area contributed by atoms with E-state index in [0.717, 1.165) is 12.8 Å². The topological polar surface area (TPSA) is 120 Å². The first-order valence-corrected chi connectivity index (χ1v) is 10.4. The van der Waals surface area contributed by atoms with Gasteiger partial charge in [-0.2, -0.15) is 0 Å². The van der Waals surface area contributed by atoms with Gasteiger partial charge in [0, 0.05) is 38.7 Å². The van der Waals surface area contributed by atoms with Gasteiger partial charge in [0.1, 0.15) is 11.6 Å². The van der Waals surface area contributed by atoms with Crippen LogP contribution in [0.25, 0.3) is 11.2 Å². The van der Waals surface area contributed by atoms with E-state index in [1.165, 1.54) is 12.3 Å². The predicted molar refractivity (Wildman–Crippen MR) is 110 cm³/mol. The van der Waals surface area contributed by atoms with E-state index in [1.54, 1.807) is 11.1 Å². The summed E-state index contributed by atoms with van der Waals surface area (Å²) in [6.07, 6.45) is 9.11. The second-order valence-electron chi connectivity index (χ2n) is 8.07. The number of nitrogens with one attached hydrogen (secondary N) is 2. The maximum atomic E-state index is 12.7. The smallest absolute Gasteiger partial charge is 0.255 e. The van der Waals surface area contributed by atoms with Crippen molar-refractivity contribution in [1.29, 1.82) is 0 Å². The van der Waals surface area contributed by atoms with Gasteiger partial charge in [-0.1, -0.05) is 19.4 Å². The number of hydrogen-bond acceptors (Lipinski definition) is 6. The summed E-state index contributed by atoms with van der Waals surface area (Å²) in [6, 6.07) is 0. The number of rotatable bonds is 6. The predicted octanol–water partition coefficient (Wildman–Crippen LogP) is 1.55. The van der Waals surface area contributed by atoms with E-state index < -0.39 is 5.60 Å². The number of aromatic nitrogens is 3. The van der Waals surface area contributed by atoms with Crippen LogP contribution in [0.3, 0.4) is 0 Å². The minimum absolute atomic E-state index is 0.0695. The number of carbonyl (C=O) groups is 2. The average molecular weight is 413 g/mol. The zero-order chi connectivity index (χ0) is 21.1. The van der Waals surface area contributed by atoms with Gasteiger partial charge in [0.2, 0.25) is 11.8 Å². The third kappa shape index (κ3) is 4.30. The maximum absolute atomic E-state index is 12.7. The highest BCUT2D eigenvalue weighted by Gasteiger charge is 2.31. The van der Waals surface area contributed by atoms with Gasteiger partial charge in [0.25, 0.3) is 5.91 Å². The molecule has 2 aromatic rings. The Morgan fingerprint density at radius 2 is 2.10 bits per heavy atom. The number of aromatic amines is 1. The van der Waals surface area contributed by atoms with Crippen LogP contribution in [0, 0.1) is 0 Å². The van der Waals surface area contributed by atoms with E-state index in [2.05, 4.69) is 26.8 Å². The van der Waals surface area contributed by atoms with E-state index in [0.29, 0.717) is 61.4 Å². The van der Waals surface area contributed by atoms with Crippen molar-refractivity contribution in [2.45, 2.75) is 50.2 Å². The summed E-state index contributed by atoms with van der Waals surface area (Å²) >= 11 is 0. The molecule has 3 heterocycles. The van der Waals surface area contributed by atoms with Crippen LogP contribution in [0.15, 0.2) is 25.0 Å². The van der Waals surface area contributed by atoms with Crippen molar-refractivity contribution in [3.05, 3.63) is 30.6 Å². The quantitative estimate of drug-likeness (QED) is 0.618. The van der Waals surface area contributed by atoms with Crippen LogP contribution in [-0.2, 0) is 4.79 Å². The maximum Gasteiger partial charge on any atom is 0.255 e. The molecule has 1 saturated heterocycles. The summed E-state index contributed by atoms with van der Waals surface area (Å²) < 4.78 is 5.96. The van der Waals surface area contributed by atoms with E-state index >= 15 is 0 Å². The van der Waals surface area contributed by atoms with Crippen molar-refractivity contribution in [2.75, 3.05) is 19.6 Å². The van der Waals surface area contributed by atoms with Crippen molar-refractivity contribution < 1.29 is 19.4 Å². The average Bonchev–Trinajstić information content (AvgIpc) is 3.38. The Morgan fingerprint density at radius 3 is 2.80 bits per heavy atom. The van der Waals surface area contributed by atoms with Crippen molar-refractivity contribution in [3.8, 4) is 5.88 Å². The number of hydrogen-bond donors (Lipinski definition) is 3. The fraction of sp³-hybridized carbons (Fsp3) is 0.524. The van der Waals surface area contributed by atoms with Gasteiger partial charge in [-0.15, -0.1) is 0 Å². The summed E-state index contributed by atoms with van der Waals surface area (Å²) in [6.45, 7) is 4.95. The van der Waals surface area contributed by atoms with E-state index in [1.807, 2.05) is 0 Å². The number of aliphatic hydroxyl groups is 1. The molecule has 0 radical (unpaired) electrons. The molecule has 1 saturated carbocycles. The highest BCUT2D eigenvalue weighted by Crippen LogP contribution is 2.29. The van der Waals surface area contributed by atoms with Gasteiger partial charge < -0.3 is 25.0 Å². The third-order valence-electron chi connectivity index (χ3n) is 5.93. The Morgan fingerprint density at radius 1 is 1.37 bits per heavy atom. The van der Waals surface area contributed by atoms with Crippen molar-refractivity contribution in [1.82, 2.24) is 25.2 Å². The number of H-pyrrole nitrogens is 1. The highest BCUT2D eigenvalue weighted by atomic mass is 16.5. The Labute approximate surface area is 174 Å². The van der Waals surface area contributed by atoms with Crippen molar-refractivity contribution >= 4 is 23.0 Å². The van der Waals surface area contributed by atoms with Gasteiger partial charge in [0.15, 0.2) is 5.65 Å². The number of fused-ring (bicyclic) bond motifs is 1. The van der Waals surface area contributed by atoms with Gasteiger partial charge in [-0.05, 0) is 18.9 Å². The van der Waals surface area contributed by atoms with Gasteiger partial charge >= 0.3 is 0 Å². The first kappa shape index (κ1) is 20.3. The lowest BCUT2D eigenvalue weighted by Crippen LogP contribution is -2.41. The first-order chi connectivity index (χ1) is 14.5. The molecule has 2 amide bonds. The molecule has 2 aliphatic rings. The van der Waals surface area contributed by atoms with Gasteiger partial charge in [0.05, 0.1) is 17.4 Å². The largest absolute Gasteiger partial charge is 0.473 e. The summed E-state index contributed by atoms with van der Waals surface area (Å²) in [5.41, 5.74) is 0.487. The number of ether oxygens (including phenoxy) is 1. The number of piperidine rings is 1. The van der Waals surface area contributed by atoms with Crippen LogP contribution < -0.4 is 10.1 Å². The summed E-state index contributed by atoms with van der Waals surface area (Å²) in [4.78, 5) is 37.8. The minimum Gasteiger partial charge on any atom is -0.473 e. The zero-order valence-electron chi connectivity index (χ0n) is 16.9. The monoisotopic (exact) mass is 413 g/mol. The molecule has 0 atom stereocenters. The van der Waals surface area contributed by atoms with Crippen LogP contribution in [0.1, 0.15) is 48.9 Å². The van der Waals surface area contributed by atoms with Crippen LogP contribution >= 0.6 is 0 Å². The molecule has 1 aliphatic carbocycles. The second-order valence-corrected chi connectivity index (χ2v) is 8.07. The summed E-state index contributed by atoms with van der Waals surface area (Å²) in [5, 5.41) is 13.3.